The molecule has 0 unspecified atom stereocenters. The van der Waals surface area contributed by atoms with Crippen molar-refractivity contribution in [2.24, 2.45) is 5.41 Å². The number of ether oxygens (including phenoxy) is 2. The van der Waals surface area contributed by atoms with E-state index in [1.165, 1.54) is 23.1 Å². The van der Waals surface area contributed by atoms with Crippen molar-refractivity contribution in [2.75, 3.05) is 25.5 Å². The lowest BCUT2D eigenvalue weighted by molar-refractivity contribution is -0.156. The van der Waals surface area contributed by atoms with Gasteiger partial charge in [0.15, 0.2) is 10.0 Å². The van der Waals surface area contributed by atoms with Crippen molar-refractivity contribution in [1.29, 1.82) is 0 Å². The molecule has 218 valence electrons. The number of likely N-dealkylation sites (tertiary alicyclic amines) is 1. The smallest absolute Gasteiger partial charge is 0.357 e. The maximum atomic E-state index is 12.5. The summed E-state index contributed by atoms with van der Waals surface area (Å²) in [6.07, 6.45) is 6.24. The number of esters is 2. The summed E-state index contributed by atoms with van der Waals surface area (Å²) >= 11 is 2.83. The van der Waals surface area contributed by atoms with E-state index in [0.717, 1.165) is 17.5 Å². The first-order valence-electron chi connectivity index (χ1n) is 13.8. The molecular weight excluding hydrogens is 548 g/mol. The molecule has 0 saturated carbocycles. The van der Waals surface area contributed by atoms with Gasteiger partial charge in [-0.25, -0.2) is 9.78 Å². The molecule has 0 bridgehead atoms. The number of carbonyl (C=O) groups excluding carboxylic acids is 3. The van der Waals surface area contributed by atoms with E-state index >= 15 is 0 Å². The summed E-state index contributed by atoms with van der Waals surface area (Å²) in [5.74, 6) is -0.107. The topological polar surface area (TPSA) is 106 Å². The van der Waals surface area contributed by atoms with Crippen molar-refractivity contribution >= 4 is 40.9 Å². The molecule has 2 atom stereocenters. The van der Waals surface area contributed by atoms with Crippen LogP contribution in [-0.4, -0.2) is 70.5 Å². The van der Waals surface area contributed by atoms with Crippen LogP contribution in [0.5, 0.6) is 0 Å². The number of aliphatic hydroxyl groups excluding tert-OH is 1. The molecule has 8 nitrogen and oxygen atoms in total. The summed E-state index contributed by atoms with van der Waals surface area (Å²) in [7, 11) is 0. The Hall–Kier alpha value is -2.69. The molecule has 10 heteroatoms. The highest BCUT2D eigenvalue weighted by Crippen LogP contribution is 2.27. The Labute approximate surface area is 245 Å². The zero-order valence-corrected chi connectivity index (χ0v) is 25.4. The minimum atomic E-state index is -0.609. The molecule has 3 rings (SSSR count). The van der Waals surface area contributed by atoms with E-state index in [4.69, 9.17) is 9.47 Å². The second-order valence-electron chi connectivity index (χ2n) is 10.2. The van der Waals surface area contributed by atoms with Crippen molar-refractivity contribution in [3.8, 4) is 0 Å². The van der Waals surface area contributed by atoms with Crippen LogP contribution in [0.2, 0.25) is 0 Å². The SMILES string of the molecule is CCC(C)(CC)C(=O)OCCOC(=O)c1csc(SCCN2C(=O)CC[C@@H]2/C=C/[C@@H](O)Cc2cccc(C)c2)n1. The van der Waals surface area contributed by atoms with Crippen molar-refractivity contribution < 1.29 is 29.0 Å². The van der Waals surface area contributed by atoms with Crippen LogP contribution in [0.15, 0.2) is 46.1 Å². The summed E-state index contributed by atoms with van der Waals surface area (Å²) in [5.41, 5.74) is 1.93. The molecule has 2 aromatic rings. The third-order valence-electron chi connectivity index (χ3n) is 7.31. The van der Waals surface area contributed by atoms with Gasteiger partial charge in [-0.05, 0) is 38.7 Å². The van der Waals surface area contributed by atoms with Gasteiger partial charge in [-0.2, -0.15) is 0 Å². The first kappa shape index (κ1) is 31.8. The number of hydrogen-bond donors (Lipinski definition) is 1. The van der Waals surface area contributed by atoms with Gasteiger partial charge < -0.3 is 19.5 Å². The van der Waals surface area contributed by atoms with Gasteiger partial charge in [-0.1, -0.05) is 67.6 Å². The number of carbonyl (C=O) groups is 3. The Kier molecular flexibility index (Phi) is 12.2. The molecule has 1 aromatic carbocycles. The number of nitrogens with zero attached hydrogens (tertiary/aromatic N) is 2. The number of amides is 1. The average Bonchev–Trinajstić information content (AvgIpc) is 3.56. The number of thioether (sulfide) groups is 1. The third kappa shape index (κ3) is 9.17. The first-order chi connectivity index (χ1) is 19.1. The number of rotatable bonds is 15. The molecule has 1 N–H and O–H groups in total. The minimum absolute atomic E-state index is 0.00827. The van der Waals surface area contributed by atoms with Crippen LogP contribution < -0.4 is 0 Å². The van der Waals surface area contributed by atoms with Gasteiger partial charge in [0.05, 0.1) is 17.6 Å². The molecule has 1 fully saturated rings. The van der Waals surface area contributed by atoms with Crippen LogP contribution in [0.25, 0.3) is 0 Å². The number of aryl methyl sites for hydroxylation is 1. The zero-order valence-electron chi connectivity index (χ0n) is 23.8. The fourth-order valence-corrected chi connectivity index (χ4v) is 6.16. The second kappa shape index (κ2) is 15.3. The Morgan fingerprint density at radius 2 is 2.02 bits per heavy atom. The van der Waals surface area contributed by atoms with Crippen LogP contribution in [0, 0.1) is 12.3 Å². The van der Waals surface area contributed by atoms with E-state index in [-0.39, 0.29) is 36.8 Å². The van der Waals surface area contributed by atoms with Crippen LogP contribution in [0.4, 0.5) is 0 Å². The standard InChI is InChI=1S/C30H40N2O6S2/c1-5-30(4,6-2)28(36)38-16-15-37-27(35)25-20-40-29(31-25)39-17-14-32-23(11-13-26(32)34)10-12-24(33)19-22-9-7-8-21(3)18-22/h7-10,12,18,20,23-24,33H,5-6,11,13-17,19H2,1-4H3/b12-10+/t23-,24+/m0/s1. The molecule has 2 heterocycles. The van der Waals surface area contributed by atoms with Crippen molar-refractivity contribution in [3.63, 3.8) is 0 Å². The molecule has 1 saturated heterocycles. The van der Waals surface area contributed by atoms with Gasteiger partial charge in [0.25, 0.3) is 0 Å². The van der Waals surface area contributed by atoms with Crippen molar-refractivity contribution in [2.45, 2.75) is 76.3 Å². The normalized spacial score (nSPS) is 16.5. The molecule has 0 radical (unpaired) electrons. The van der Waals surface area contributed by atoms with Crippen molar-refractivity contribution in [3.05, 3.63) is 58.6 Å². The largest absolute Gasteiger partial charge is 0.462 e. The fraction of sp³-hybridized carbons (Fsp3) is 0.533. The minimum Gasteiger partial charge on any atom is -0.462 e. The number of aliphatic hydroxyl groups is 1. The number of hydrogen-bond acceptors (Lipinski definition) is 9. The molecule has 1 aromatic heterocycles. The van der Waals surface area contributed by atoms with Gasteiger partial charge in [0.2, 0.25) is 5.91 Å². The Balaban J connectivity index is 1.40. The highest BCUT2D eigenvalue weighted by molar-refractivity contribution is 8.01. The average molecular weight is 589 g/mol. The van der Waals surface area contributed by atoms with Crippen LogP contribution in [0.3, 0.4) is 0 Å². The molecule has 0 spiro atoms. The van der Waals surface area contributed by atoms with E-state index in [2.05, 4.69) is 11.1 Å². The van der Waals surface area contributed by atoms with Crippen molar-refractivity contribution in [1.82, 2.24) is 9.88 Å². The van der Waals surface area contributed by atoms with Gasteiger partial charge in [0.1, 0.15) is 13.2 Å². The summed E-state index contributed by atoms with van der Waals surface area (Å²) in [6.45, 7) is 8.31. The summed E-state index contributed by atoms with van der Waals surface area (Å²) in [5, 5.41) is 12.1. The van der Waals surface area contributed by atoms with E-state index < -0.39 is 17.5 Å². The predicted octanol–water partition coefficient (Wildman–Crippen LogP) is 5.22. The number of thiazole rings is 1. The van der Waals surface area contributed by atoms with Gasteiger partial charge in [-0.3, -0.25) is 9.59 Å². The fourth-order valence-electron chi connectivity index (χ4n) is 4.36. The maximum absolute atomic E-state index is 12.5. The molecule has 1 amide bonds. The van der Waals surface area contributed by atoms with E-state index in [9.17, 15) is 19.5 Å². The molecule has 1 aliphatic rings. The molecular formula is C30H40N2O6S2. The van der Waals surface area contributed by atoms with Gasteiger partial charge in [0, 0.05) is 30.5 Å². The molecule has 0 aliphatic carbocycles. The lowest BCUT2D eigenvalue weighted by atomic mass is 9.85. The Morgan fingerprint density at radius 3 is 2.75 bits per heavy atom. The maximum Gasteiger partial charge on any atom is 0.357 e. The first-order valence-corrected chi connectivity index (χ1v) is 15.7. The second-order valence-corrected chi connectivity index (χ2v) is 12.4. The summed E-state index contributed by atoms with van der Waals surface area (Å²) in [6, 6.07) is 8.05. The number of benzene rings is 1. The summed E-state index contributed by atoms with van der Waals surface area (Å²) < 4.78 is 11.2. The van der Waals surface area contributed by atoms with Crippen LogP contribution >= 0.6 is 23.1 Å². The summed E-state index contributed by atoms with van der Waals surface area (Å²) in [4.78, 5) is 43.2. The molecule has 40 heavy (non-hydrogen) atoms. The zero-order chi connectivity index (χ0) is 29.1. The third-order valence-corrected chi connectivity index (χ3v) is 9.31. The predicted molar refractivity (Wildman–Crippen MR) is 158 cm³/mol. The van der Waals surface area contributed by atoms with Crippen LogP contribution in [-0.2, 0) is 25.5 Å². The quantitative estimate of drug-likeness (QED) is 0.131. The number of aromatic nitrogens is 1. The lowest BCUT2D eigenvalue weighted by Crippen LogP contribution is -2.33. The monoisotopic (exact) mass is 588 g/mol. The van der Waals surface area contributed by atoms with Gasteiger partial charge >= 0.3 is 11.9 Å². The van der Waals surface area contributed by atoms with E-state index in [1.54, 1.807) is 11.5 Å². The van der Waals surface area contributed by atoms with E-state index in [0.29, 0.717) is 42.3 Å². The Morgan fingerprint density at radius 1 is 1.27 bits per heavy atom. The Bertz CT molecular complexity index is 1180. The van der Waals surface area contributed by atoms with Crippen LogP contribution in [0.1, 0.15) is 68.1 Å². The van der Waals surface area contributed by atoms with Gasteiger partial charge in [-0.15, -0.1) is 11.3 Å². The highest BCUT2D eigenvalue weighted by Gasteiger charge is 2.31. The lowest BCUT2D eigenvalue weighted by Gasteiger charge is -2.23. The molecule has 1 aliphatic heterocycles. The highest BCUT2D eigenvalue weighted by atomic mass is 32.2. The van der Waals surface area contributed by atoms with E-state index in [1.807, 2.05) is 56.9 Å².